The van der Waals surface area contributed by atoms with Gasteiger partial charge in [-0.3, -0.25) is 4.79 Å². The number of hydrogen-bond donors (Lipinski definition) is 0. The third-order valence-corrected chi connectivity index (χ3v) is 4.55. The van der Waals surface area contributed by atoms with Gasteiger partial charge in [-0.2, -0.15) is 0 Å². The Kier molecular flexibility index (Phi) is 3.47. The van der Waals surface area contributed by atoms with Crippen LogP contribution < -0.4 is 0 Å². The molecule has 0 heterocycles. The lowest BCUT2D eigenvalue weighted by molar-refractivity contribution is -0.150. The predicted octanol–water partition coefficient (Wildman–Crippen LogP) is 3.86. The number of esters is 1. The van der Waals surface area contributed by atoms with Gasteiger partial charge < -0.3 is 4.74 Å². The van der Waals surface area contributed by atoms with E-state index in [9.17, 15) is 9.59 Å². The van der Waals surface area contributed by atoms with Gasteiger partial charge in [0.2, 0.25) is 0 Å². The predicted molar refractivity (Wildman–Crippen MR) is 84.7 cm³/mol. The molecule has 0 fully saturated rings. The molecular weight excluding hydrogens is 276 g/mol. The summed E-state index contributed by atoms with van der Waals surface area (Å²) in [4.78, 5) is 25.1. The molecule has 0 aromatic heterocycles. The van der Waals surface area contributed by atoms with Crippen molar-refractivity contribution in [2.75, 3.05) is 0 Å². The molecule has 0 N–H and O–H groups in total. The van der Waals surface area contributed by atoms with Crippen LogP contribution in [0.25, 0.3) is 0 Å². The van der Waals surface area contributed by atoms with Crippen LogP contribution in [0.3, 0.4) is 0 Å². The van der Waals surface area contributed by atoms with Crippen LogP contribution >= 0.6 is 0 Å². The lowest BCUT2D eigenvalue weighted by Crippen LogP contribution is -2.35. The number of ether oxygens (including phenoxy) is 1. The minimum absolute atomic E-state index is 0.184. The molecule has 0 bridgehead atoms. The smallest absolute Gasteiger partial charge is 0.334 e. The molecule has 0 amide bonds. The molecule has 0 aliphatic heterocycles. The number of Topliss-reactive ketones (excluding diaryl/α,β-unsaturated/α-hetero) is 1. The number of carbonyl (C=O) groups is 2. The second kappa shape index (κ2) is 5.08. The summed E-state index contributed by atoms with van der Waals surface area (Å²) in [6, 6.07) is 7.82. The molecule has 1 unspecified atom stereocenters. The maximum absolute atomic E-state index is 12.9. The van der Waals surface area contributed by atoms with Gasteiger partial charge in [-0.15, -0.1) is 0 Å². The average Bonchev–Trinajstić information content (AvgIpc) is 2.87. The van der Waals surface area contributed by atoms with Gasteiger partial charge in [0.15, 0.2) is 5.78 Å². The largest absolute Gasteiger partial charge is 0.457 e. The van der Waals surface area contributed by atoms with E-state index in [1.807, 2.05) is 51.1 Å². The van der Waals surface area contributed by atoms with Crippen LogP contribution in [0.2, 0.25) is 0 Å². The van der Waals surface area contributed by atoms with Crippen molar-refractivity contribution >= 4 is 11.8 Å². The zero-order valence-corrected chi connectivity index (χ0v) is 13.4. The van der Waals surface area contributed by atoms with E-state index in [1.54, 1.807) is 0 Å². The van der Waals surface area contributed by atoms with Crippen LogP contribution in [0.4, 0.5) is 0 Å². The number of benzene rings is 1. The summed E-state index contributed by atoms with van der Waals surface area (Å²) in [5.41, 5.74) is 1.68. The van der Waals surface area contributed by atoms with E-state index >= 15 is 0 Å². The first-order valence-electron chi connectivity index (χ1n) is 7.86. The Bertz CT molecular complexity index is 664. The Morgan fingerprint density at radius 1 is 1.23 bits per heavy atom. The average molecular weight is 298 g/mol. The minimum atomic E-state index is -0.503. The first kappa shape index (κ1) is 15.0. The first-order chi connectivity index (χ1) is 10.3. The van der Waals surface area contributed by atoms with Gasteiger partial charge >= 0.3 is 5.97 Å². The normalized spacial score (nSPS) is 24.1. The SMILES string of the molecule is CC(C)(C)OC(=O)C1=CCC2(CCc3ccccc3C2=O)C1. The fourth-order valence-corrected chi connectivity index (χ4v) is 3.42. The highest BCUT2D eigenvalue weighted by Gasteiger charge is 2.46. The van der Waals surface area contributed by atoms with E-state index in [4.69, 9.17) is 4.74 Å². The highest BCUT2D eigenvalue weighted by Crippen LogP contribution is 2.47. The van der Waals surface area contributed by atoms with Crippen molar-refractivity contribution in [2.45, 2.75) is 52.1 Å². The van der Waals surface area contributed by atoms with Crippen LogP contribution in [0.1, 0.15) is 56.0 Å². The quantitative estimate of drug-likeness (QED) is 0.739. The summed E-state index contributed by atoms with van der Waals surface area (Å²) in [6.45, 7) is 5.58. The lowest BCUT2D eigenvalue weighted by atomic mass is 9.68. The number of ketones is 1. The number of rotatable bonds is 1. The van der Waals surface area contributed by atoms with Gasteiger partial charge in [0, 0.05) is 16.6 Å². The van der Waals surface area contributed by atoms with E-state index in [-0.39, 0.29) is 11.8 Å². The maximum atomic E-state index is 12.9. The van der Waals surface area contributed by atoms with Gasteiger partial charge in [0.25, 0.3) is 0 Å². The number of aryl methyl sites for hydroxylation is 1. The topological polar surface area (TPSA) is 43.4 Å². The van der Waals surface area contributed by atoms with Crippen molar-refractivity contribution in [3.05, 3.63) is 47.0 Å². The highest BCUT2D eigenvalue weighted by molar-refractivity contribution is 6.04. The van der Waals surface area contributed by atoms with Gasteiger partial charge in [-0.05, 0) is 52.0 Å². The van der Waals surface area contributed by atoms with Crippen molar-refractivity contribution in [3.8, 4) is 0 Å². The minimum Gasteiger partial charge on any atom is -0.457 e. The van der Waals surface area contributed by atoms with E-state index in [2.05, 4.69) is 0 Å². The zero-order valence-electron chi connectivity index (χ0n) is 13.4. The Morgan fingerprint density at radius 2 is 1.95 bits per heavy atom. The molecule has 0 saturated carbocycles. The van der Waals surface area contributed by atoms with Gasteiger partial charge in [0.05, 0.1) is 0 Å². The third-order valence-electron chi connectivity index (χ3n) is 4.55. The molecule has 3 heteroatoms. The van der Waals surface area contributed by atoms with E-state index in [1.165, 1.54) is 0 Å². The summed E-state index contributed by atoms with van der Waals surface area (Å²) < 4.78 is 5.44. The number of hydrogen-bond acceptors (Lipinski definition) is 3. The molecule has 2 aliphatic rings. The zero-order chi connectivity index (χ0) is 16.0. The monoisotopic (exact) mass is 298 g/mol. The van der Waals surface area contributed by atoms with Crippen LogP contribution in [-0.2, 0) is 16.0 Å². The van der Waals surface area contributed by atoms with E-state index in [0.717, 1.165) is 24.0 Å². The van der Waals surface area contributed by atoms with Crippen LogP contribution in [0, 0.1) is 5.41 Å². The standard InChI is InChI=1S/C19H22O3/c1-18(2,3)22-17(21)14-9-11-19(12-14)10-8-13-6-4-5-7-15(13)16(19)20/h4-7,9H,8,10-12H2,1-3H3. The van der Waals surface area contributed by atoms with Crippen molar-refractivity contribution in [2.24, 2.45) is 5.41 Å². The lowest BCUT2D eigenvalue weighted by Gasteiger charge is -2.33. The van der Waals surface area contributed by atoms with Crippen LogP contribution in [-0.4, -0.2) is 17.4 Å². The fraction of sp³-hybridized carbons (Fsp3) is 0.474. The maximum Gasteiger partial charge on any atom is 0.334 e. The van der Waals surface area contributed by atoms with Crippen molar-refractivity contribution in [1.82, 2.24) is 0 Å². The summed E-state index contributed by atoms with van der Waals surface area (Å²) >= 11 is 0. The Hall–Kier alpha value is -1.90. The van der Waals surface area contributed by atoms with E-state index in [0.29, 0.717) is 18.4 Å². The van der Waals surface area contributed by atoms with Crippen LogP contribution in [0.15, 0.2) is 35.9 Å². The fourth-order valence-electron chi connectivity index (χ4n) is 3.42. The molecule has 2 aliphatic carbocycles. The molecule has 0 saturated heterocycles. The molecule has 22 heavy (non-hydrogen) atoms. The Labute approximate surface area is 131 Å². The second-order valence-corrected chi connectivity index (χ2v) is 7.38. The molecule has 3 nitrogen and oxygen atoms in total. The Morgan fingerprint density at radius 3 is 2.68 bits per heavy atom. The molecule has 116 valence electrons. The first-order valence-corrected chi connectivity index (χ1v) is 7.86. The summed E-state index contributed by atoms with van der Waals surface area (Å²) in [6.07, 6.45) is 4.77. The molecular formula is C19H22O3. The summed E-state index contributed by atoms with van der Waals surface area (Å²) in [7, 11) is 0. The van der Waals surface area contributed by atoms with Crippen molar-refractivity contribution in [3.63, 3.8) is 0 Å². The molecule has 3 rings (SSSR count). The molecule has 1 aromatic carbocycles. The van der Waals surface area contributed by atoms with Crippen molar-refractivity contribution in [1.29, 1.82) is 0 Å². The van der Waals surface area contributed by atoms with E-state index < -0.39 is 11.0 Å². The number of fused-ring (bicyclic) bond motifs is 1. The second-order valence-electron chi connectivity index (χ2n) is 7.38. The summed E-state index contributed by atoms with van der Waals surface area (Å²) in [5, 5.41) is 0. The van der Waals surface area contributed by atoms with Gasteiger partial charge in [0.1, 0.15) is 5.60 Å². The number of allylic oxidation sites excluding steroid dienone is 1. The van der Waals surface area contributed by atoms with Crippen LogP contribution in [0.5, 0.6) is 0 Å². The van der Waals surface area contributed by atoms with Crippen molar-refractivity contribution < 1.29 is 14.3 Å². The molecule has 0 radical (unpaired) electrons. The number of carbonyl (C=O) groups excluding carboxylic acids is 2. The highest BCUT2D eigenvalue weighted by atomic mass is 16.6. The molecule has 1 atom stereocenters. The van der Waals surface area contributed by atoms with Gasteiger partial charge in [-0.25, -0.2) is 4.79 Å². The summed E-state index contributed by atoms with van der Waals surface area (Å²) in [5.74, 6) is -0.0970. The molecule has 1 aromatic rings. The third kappa shape index (κ3) is 2.60. The van der Waals surface area contributed by atoms with Gasteiger partial charge in [-0.1, -0.05) is 30.3 Å². The molecule has 1 spiro atoms. The Balaban J connectivity index is 1.79.